The zero-order valence-corrected chi connectivity index (χ0v) is 18.2. The second kappa shape index (κ2) is 9.18. The Bertz CT molecular complexity index is 940. The van der Waals surface area contributed by atoms with E-state index < -0.39 is 10.0 Å². The fourth-order valence-electron chi connectivity index (χ4n) is 3.86. The minimum Gasteiger partial charge on any atom is -0.492 e. The van der Waals surface area contributed by atoms with Crippen LogP contribution >= 0.6 is 0 Å². The number of aryl methyl sites for hydroxylation is 1. The molecule has 0 atom stereocenters. The largest absolute Gasteiger partial charge is 0.492 e. The van der Waals surface area contributed by atoms with Crippen LogP contribution in [-0.2, 0) is 10.0 Å². The first-order chi connectivity index (χ1) is 14.5. The summed E-state index contributed by atoms with van der Waals surface area (Å²) in [6, 6.07) is 11.3. The summed E-state index contributed by atoms with van der Waals surface area (Å²) in [5, 5.41) is 0. The van der Waals surface area contributed by atoms with E-state index in [0.29, 0.717) is 31.9 Å². The molecule has 2 aromatic rings. The number of nitrogens with zero attached hydrogens (tertiary/aromatic N) is 5. The average molecular weight is 432 g/mol. The second-order valence-corrected chi connectivity index (χ2v) is 9.81. The standard InChI is InChI=1S/C21H29N5O3S/c1-18-17-20(23-21(22-18)25-9-5-6-10-25)24-11-13-26(14-12-24)30(27,28)16-15-29-19-7-3-2-4-8-19/h2-4,7-8,17H,5-6,9-16H2,1H3. The molecule has 30 heavy (non-hydrogen) atoms. The number of benzene rings is 1. The molecular formula is C21H29N5O3S. The van der Waals surface area contributed by atoms with Crippen LogP contribution in [0.2, 0.25) is 0 Å². The zero-order chi connectivity index (χ0) is 21.0. The van der Waals surface area contributed by atoms with Gasteiger partial charge in [0.05, 0.1) is 5.75 Å². The maximum Gasteiger partial charge on any atom is 0.227 e. The van der Waals surface area contributed by atoms with E-state index in [4.69, 9.17) is 9.72 Å². The highest BCUT2D eigenvalue weighted by Gasteiger charge is 2.28. The molecule has 0 unspecified atom stereocenters. The van der Waals surface area contributed by atoms with Crippen molar-refractivity contribution < 1.29 is 13.2 Å². The lowest BCUT2D eigenvalue weighted by Crippen LogP contribution is -2.50. The molecule has 0 spiro atoms. The van der Waals surface area contributed by atoms with Gasteiger partial charge in [-0.25, -0.2) is 13.4 Å². The second-order valence-electron chi connectivity index (χ2n) is 7.73. The molecule has 0 N–H and O–H groups in total. The van der Waals surface area contributed by atoms with Crippen molar-refractivity contribution in [2.75, 3.05) is 61.4 Å². The van der Waals surface area contributed by atoms with E-state index in [0.717, 1.165) is 30.5 Å². The van der Waals surface area contributed by atoms with Crippen LogP contribution in [0, 0.1) is 6.92 Å². The molecule has 0 saturated carbocycles. The Morgan fingerprint density at radius 1 is 0.933 bits per heavy atom. The van der Waals surface area contributed by atoms with E-state index in [1.54, 1.807) is 4.31 Å². The number of ether oxygens (including phenoxy) is 1. The van der Waals surface area contributed by atoms with Crippen LogP contribution < -0.4 is 14.5 Å². The van der Waals surface area contributed by atoms with Gasteiger partial charge in [-0.1, -0.05) is 18.2 Å². The average Bonchev–Trinajstić information content (AvgIpc) is 3.29. The molecular weight excluding hydrogens is 402 g/mol. The number of rotatable bonds is 7. The summed E-state index contributed by atoms with van der Waals surface area (Å²) in [7, 11) is -3.35. The first kappa shape index (κ1) is 20.9. The molecule has 1 aromatic heterocycles. The van der Waals surface area contributed by atoms with Crippen LogP contribution in [0.25, 0.3) is 0 Å². The molecule has 9 heteroatoms. The van der Waals surface area contributed by atoms with Crippen molar-refractivity contribution in [1.82, 2.24) is 14.3 Å². The van der Waals surface area contributed by atoms with Crippen LogP contribution in [0.5, 0.6) is 5.75 Å². The highest BCUT2D eigenvalue weighted by molar-refractivity contribution is 7.89. The summed E-state index contributed by atoms with van der Waals surface area (Å²) in [6.07, 6.45) is 2.36. The van der Waals surface area contributed by atoms with Gasteiger partial charge in [-0.3, -0.25) is 0 Å². The summed E-state index contributed by atoms with van der Waals surface area (Å²) in [5.41, 5.74) is 0.940. The topological polar surface area (TPSA) is 78.9 Å². The number of hydrogen-bond donors (Lipinski definition) is 0. The lowest BCUT2D eigenvalue weighted by molar-refractivity contribution is 0.331. The lowest BCUT2D eigenvalue weighted by atomic mass is 10.3. The molecule has 2 aliphatic heterocycles. The molecule has 8 nitrogen and oxygen atoms in total. The van der Waals surface area contributed by atoms with Crippen LogP contribution in [-0.4, -0.2) is 74.3 Å². The molecule has 0 aliphatic carbocycles. The van der Waals surface area contributed by atoms with Crippen LogP contribution in [0.1, 0.15) is 18.5 Å². The summed E-state index contributed by atoms with van der Waals surface area (Å²) in [5.74, 6) is 2.34. The Balaban J connectivity index is 1.33. The monoisotopic (exact) mass is 431 g/mol. The van der Waals surface area contributed by atoms with Crippen molar-refractivity contribution in [2.24, 2.45) is 0 Å². The van der Waals surface area contributed by atoms with E-state index in [1.807, 2.05) is 43.3 Å². The van der Waals surface area contributed by atoms with E-state index in [9.17, 15) is 8.42 Å². The molecule has 1 aromatic carbocycles. The lowest BCUT2D eigenvalue weighted by Gasteiger charge is -2.35. The zero-order valence-electron chi connectivity index (χ0n) is 17.4. The summed E-state index contributed by atoms with van der Waals surface area (Å²) in [4.78, 5) is 13.7. The van der Waals surface area contributed by atoms with Crippen LogP contribution in [0.15, 0.2) is 36.4 Å². The summed E-state index contributed by atoms with van der Waals surface area (Å²) in [6.45, 7) is 6.28. The Morgan fingerprint density at radius 3 is 2.33 bits per heavy atom. The van der Waals surface area contributed by atoms with E-state index in [-0.39, 0.29) is 12.4 Å². The Kier molecular flexibility index (Phi) is 6.38. The number of hydrogen-bond acceptors (Lipinski definition) is 7. The molecule has 0 bridgehead atoms. The van der Waals surface area contributed by atoms with Gasteiger partial charge in [-0.15, -0.1) is 0 Å². The van der Waals surface area contributed by atoms with E-state index in [1.165, 1.54) is 12.8 Å². The van der Waals surface area contributed by atoms with Crippen molar-refractivity contribution >= 4 is 21.8 Å². The van der Waals surface area contributed by atoms with Gasteiger partial charge in [0.15, 0.2) is 0 Å². The summed E-state index contributed by atoms with van der Waals surface area (Å²) >= 11 is 0. The van der Waals surface area contributed by atoms with Crippen molar-refractivity contribution in [2.45, 2.75) is 19.8 Å². The van der Waals surface area contributed by atoms with Crippen LogP contribution in [0.4, 0.5) is 11.8 Å². The Morgan fingerprint density at radius 2 is 1.63 bits per heavy atom. The normalized spacial score (nSPS) is 18.0. The molecule has 0 amide bonds. The maximum atomic E-state index is 12.7. The number of para-hydroxylation sites is 1. The van der Waals surface area contributed by atoms with Gasteiger partial charge in [-0.05, 0) is 31.9 Å². The minimum atomic E-state index is -3.35. The molecule has 2 fully saturated rings. The van der Waals surface area contributed by atoms with Crippen molar-refractivity contribution in [3.63, 3.8) is 0 Å². The molecule has 2 saturated heterocycles. The van der Waals surface area contributed by atoms with Gasteiger partial charge in [0, 0.05) is 51.0 Å². The number of anilines is 2. The highest BCUT2D eigenvalue weighted by Crippen LogP contribution is 2.22. The summed E-state index contributed by atoms with van der Waals surface area (Å²) < 4.78 is 32.5. The fraction of sp³-hybridized carbons (Fsp3) is 0.524. The SMILES string of the molecule is Cc1cc(N2CCN(S(=O)(=O)CCOc3ccccc3)CC2)nc(N2CCCC2)n1. The Hall–Kier alpha value is -2.39. The number of sulfonamides is 1. The maximum absolute atomic E-state index is 12.7. The number of piperazine rings is 1. The van der Waals surface area contributed by atoms with Gasteiger partial charge in [-0.2, -0.15) is 9.29 Å². The quantitative estimate of drug-likeness (QED) is 0.663. The van der Waals surface area contributed by atoms with Gasteiger partial charge < -0.3 is 14.5 Å². The van der Waals surface area contributed by atoms with Gasteiger partial charge in [0.2, 0.25) is 16.0 Å². The molecule has 0 radical (unpaired) electrons. The van der Waals surface area contributed by atoms with Gasteiger partial charge in [0.1, 0.15) is 18.2 Å². The first-order valence-corrected chi connectivity index (χ1v) is 12.1. The first-order valence-electron chi connectivity index (χ1n) is 10.5. The van der Waals surface area contributed by atoms with Gasteiger partial charge >= 0.3 is 0 Å². The third-order valence-corrected chi connectivity index (χ3v) is 7.36. The fourth-order valence-corrected chi connectivity index (χ4v) is 5.13. The van der Waals surface area contributed by atoms with Crippen molar-refractivity contribution in [3.8, 4) is 5.75 Å². The third-order valence-electron chi connectivity index (χ3n) is 5.53. The van der Waals surface area contributed by atoms with Gasteiger partial charge in [0.25, 0.3) is 0 Å². The minimum absolute atomic E-state index is 0.0202. The van der Waals surface area contributed by atoms with E-state index in [2.05, 4.69) is 14.8 Å². The number of aromatic nitrogens is 2. The molecule has 4 rings (SSSR count). The molecule has 162 valence electrons. The third kappa shape index (κ3) is 5.02. The Labute approximate surface area is 178 Å². The van der Waals surface area contributed by atoms with Crippen molar-refractivity contribution in [1.29, 1.82) is 0 Å². The van der Waals surface area contributed by atoms with Crippen molar-refractivity contribution in [3.05, 3.63) is 42.1 Å². The molecule has 2 aliphatic rings. The molecule has 3 heterocycles. The highest BCUT2D eigenvalue weighted by atomic mass is 32.2. The smallest absolute Gasteiger partial charge is 0.227 e. The predicted octanol–water partition coefficient (Wildman–Crippen LogP) is 1.92. The van der Waals surface area contributed by atoms with Crippen LogP contribution in [0.3, 0.4) is 0 Å². The predicted molar refractivity (Wildman–Crippen MR) is 118 cm³/mol. The van der Waals surface area contributed by atoms with E-state index >= 15 is 0 Å².